The fraction of sp³-hybridized carbons (Fsp3) is 0.222. The first-order valence-corrected chi connectivity index (χ1v) is 7.73. The summed E-state index contributed by atoms with van der Waals surface area (Å²) in [6.07, 6.45) is 6.40. The molecule has 25 heavy (non-hydrogen) atoms. The maximum absolute atomic E-state index is 12.1. The molecule has 2 aromatic rings. The van der Waals surface area contributed by atoms with Gasteiger partial charge in [-0.3, -0.25) is 9.52 Å². The van der Waals surface area contributed by atoms with Gasteiger partial charge >= 0.3 is 5.97 Å². The predicted molar refractivity (Wildman–Crippen MR) is 94.0 cm³/mol. The van der Waals surface area contributed by atoms with E-state index in [1.54, 1.807) is 31.2 Å². The number of aromatic nitrogens is 2. The first kappa shape index (κ1) is 18.3. The zero-order valence-electron chi connectivity index (χ0n) is 14.4. The zero-order valence-corrected chi connectivity index (χ0v) is 14.4. The number of hydrogen-bond donors (Lipinski definition) is 1. The highest BCUT2D eigenvalue weighted by molar-refractivity contribution is 5.88. The van der Waals surface area contributed by atoms with Gasteiger partial charge in [0.15, 0.2) is 0 Å². The molecule has 0 amide bonds. The summed E-state index contributed by atoms with van der Waals surface area (Å²) < 4.78 is 6.93. The minimum absolute atomic E-state index is 0.231. The van der Waals surface area contributed by atoms with Crippen LogP contribution in [0.3, 0.4) is 0 Å². The maximum Gasteiger partial charge on any atom is 0.341 e. The minimum Gasteiger partial charge on any atom is -0.457 e. The lowest BCUT2D eigenvalue weighted by molar-refractivity contribution is -0.0445. The van der Waals surface area contributed by atoms with Crippen LogP contribution in [0.5, 0.6) is 0 Å². The molecule has 0 aliphatic heterocycles. The van der Waals surface area contributed by atoms with E-state index in [0.717, 1.165) is 11.3 Å². The Morgan fingerprint density at radius 3 is 2.80 bits per heavy atom. The number of hydrogen-bond acceptors (Lipinski definition) is 6. The van der Waals surface area contributed by atoms with E-state index in [1.165, 1.54) is 17.5 Å². The molecule has 1 aromatic heterocycles. The Balaban J connectivity index is 1.96. The first-order chi connectivity index (χ1) is 12.2. The standard InChI is InChI=1S/C18H22N4O3/c1-4-22(24-3)13-17(19-2)12-21-11-16(10-20-21)18(23)25-14-15-8-6-5-7-9-15/h4-11,13,19H,1,12,14H2,2-3H3/b17-13-. The van der Waals surface area contributed by atoms with Crippen molar-refractivity contribution >= 4 is 5.97 Å². The van der Waals surface area contributed by atoms with Crippen molar-refractivity contribution in [2.75, 3.05) is 14.2 Å². The molecule has 1 N–H and O–H groups in total. The monoisotopic (exact) mass is 342 g/mol. The van der Waals surface area contributed by atoms with Gasteiger partial charge < -0.3 is 10.1 Å². The quantitative estimate of drug-likeness (QED) is 0.557. The van der Waals surface area contributed by atoms with E-state index in [0.29, 0.717) is 12.1 Å². The van der Waals surface area contributed by atoms with Crippen molar-refractivity contribution in [1.29, 1.82) is 0 Å². The molecule has 0 aliphatic carbocycles. The number of likely N-dealkylation sites (N-methyl/N-ethyl adjacent to an activating group) is 1. The van der Waals surface area contributed by atoms with Crippen molar-refractivity contribution in [2.24, 2.45) is 0 Å². The summed E-state index contributed by atoms with van der Waals surface area (Å²) in [6, 6.07) is 9.53. The number of benzene rings is 1. The smallest absolute Gasteiger partial charge is 0.341 e. The predicted octanol–water partition coefficient (Wildman–Crippen LogP) is 2.31. The van der Waals surface area contributed by atoms with Crippen LogP contribution in [0, 0.1) is 0 Å². The van der Waals surface area contributed by atoms with Crippen LogP contribution in [0.1, 0.15) is 15.9 Å². The van der Waals surface area contributed by atoms with Gasteiger partial charge in [-0.1, -0.05) is 36.9 Å². The summed E-state index contributed by atoms with van der Waals surface area (Å²) in [5, 5.41) is 8.70. The summed E-state index contributed by atoms with van der Waals surface area (Å²) in [4.78, 5) is 17.2. The topological polar surface area (TPSA) is 68.6 Å². The van der Waals surface area contributed by atoms with Crippen LogP contribution in [-0.2, 0) is 22.7 Å². The molecular weight excluding hydrogens is 320 g/mol. The van der Waals surface area contributed by atoms with Gasteiger partial charge in [0, 0.05) is 19.4 Å². The number of allylic oxidation sites excluding steroid dienone is 1. The van der Waals surface area contributed by atoms with E-state index in [2.05, 4.69) is 17.0 Å². The Morgan fingerprint density at radius 2 is 2.16 bits per heavy atom. The molecular formula is C18H22N4O3. The summed E-state index contributed by atoms with van der Waals surface area (Å²) >= 11 is 0. The van der Waals surface area contributed by atoms with Crippen LogP contribution in [0.15, 0.2) is 67.4 Å². The van der Waals surface area contributed by atoms with Crippen LogP contribution in [-0.4, -0.2) is 35.0 Å². The molecule has 0 unspecified atom stereocenters. The molecule has 2 rings (SSSR count). The van der Waals surface area contributed by atoms with Gasteiger partial charge in [0.1, 0.15) is 6.61 Å². The lowest BCUT2D eigenvalue weighted by Gasteiger charge is -2.14. The van der Waals surface area contributed by atoms with Crippen LogP contribution in [0.2, 0.25) is 0 Å². The van der Waals surface area contributed by atoms with Gasteiger partial charge in [-0.05, 0) is 5.56 Å². The van der Waals surface area contributed by atoms with Crippen LogP contribution in [0.4, 0.5) is 0 Å². The maximum atomic E-state index is 12.1. The van der Waals surface area contributed by atoms with E-state index < -0.39 is 5.97 Å². The average Bonchev–Trinajstić information content (AvgIpc) is 3.12. The molecule has 0 radical (unpaired) electrons. The second-order valence-corrected chi connectivity index (χ2v) is 5.12. The van der Waals surface area contributed by atoms with Crippen molar-refractivity contribution in [3.8, 4) is 0 Å². The molecule has 7 nitrogen and oxygen atoms in total. The first-order valence-electron chi connectivity index (χ1n) is 7.73. The van der Waals surface area contributed by atoms with Gasteiger partial charge in [0.25, 0.3) is 0 Å². The van der Waals surface area contributed by atoms with Crippen LogP contribution >= 0.6 is 0 Å². The Morgan fingerprint density at radius 1 is 1.40 bits per heavy atom. The van der Waals surface area contributed by atoms with Crippen molar-refractivity contribution in [1.82, 2.24) is 20.2 Å². The third kappa shape index (κ3) is 5.50. The number of ether oxygens (including phenoxy) is 1. The number of hydroxylamine groups is 2. The number of carbonyl (C=O) groups is 1. The normalized spacial score (nSPS) is 11.0. The second-order valence-electron chi connectivity index (χ2n) is 5.12. The Bertz CT molecular complexity index is 725. The van der Waals surface area contributed by atoms with E-state index in [1.807, 2.05) is 30.3 Å². The number of nitrogens with zero attached hydrogens (tertiary/aromatic N) is 3. The highest BCUT2D eigenvalue weighted by atomic mass is 16.7. The summed E-state index contributed by atoms with van der Waals surface area (Å²) in [5.41, 5.74) is 2.17. The minimum atomic E-state index is -0.408. The second kappa shape index (κ2) is 9.29. The van der Waals surface area contributed by atoms with E-state index in [-0.39, 0.29) is 6.61 Å². The van der Waals surface area contributed by atoms with E-state index >= 15 is 0 Å². The molecule has 0 atom stereocenters. The largest absolute Gasteiger partial charge is 0.457 e. The summed E-state index contributed by atoms with van der Waals surface area (Å²) in [6.45, 7) is 4.32. The molecule has 7 heteroatoms. The average molecular weight is 342 g/mol. The SMILES string of the molecule is C=CN(/C=C(/Cn1cc(C(=O)OCc2ccccc2)cn1)NC)OC. The van der Waals surface area contributed by atoms with Crippen molar-refractivity contribution in [2.45, 2.75) is 13.2 Å². The molecule has 132 valence electrons. The van der Waals surface area contributed by atoms with Gasteiger partial charge in [0.2, 0.25) is 0 Å². The molecule has 1 heterocycles. The lowest BCUT2D eigenvalue weighted by atomic mass is 10.2. The van der Waals surface area contributed by atoms with E-state index in [4.69, 9.17) is 9.57 Å². The molecule has 0 spiro atoms. The zero-order chi connectivity index (χ0) is 18.1. The third-order valence-corrected chi connectivity index (χ3v) is 3.41. The van der Waals surface area contributed by atoms with Crippen molar-refractivity contribution in [3.05, 3.63) is 78.5 Å². The van der Waals surface area contributed by atoms with Crippen molar-refractivity contribution in [3.63, 3.8) is 0 Å². The molecule has 0 bridgehead atoms. The Labute approximate surface area is 147 Å². The highest BCUT2D eigenvalue weighted by Crippen LogP contribution is 2.07. The molecule has 0 saturated heterocycles. The fourth-order valence-corrected chi connectivity index (χ4v) is 2.05. The molecule has 1 aromatic carbocycles. The number of nitrogens with one attached hydrogen (secondary N) is 1. The molecule has 0 saturated carbocycles. The lowest BCUT2D eigenvalue weighted by Crippen LogP contribution is -2.18. The van der Waals surface area contributed by atoms with Crippen LogP contribution < -0.4 is 5.32 Å². The molecule has 0 fully saturated rings. The number of rotatable bonds is 9. The third-order valence-electron chi connectivity index (χ3n) is 3.41. The van der Waals surface area contributed by atoms with Gasteiger partial charge in [0.05, 0.1) is 37.3 Å². The summed E-state index contributed by atoms with van der Waals surface area (Å²) in [5.74, 6) is -0.408. The summed E-state index contributed by atoms with van der Waals surface area (Å²) in [7, 11) is 3.33. The van der Waals surface area contributed by atoms with Gasteiger partial charge in [-0.2, -0.15) is 5.10 Å². The number of carbonyl (C=O) groups excluding carboxylic acids is 1. The van der Waals surface area contributed by atoms with Gasteiger partial charge in [-0.15, -0.1) is 0 Å². The highest BCUT2D eigenvalue weighted by Gasteiger charge is 2.11. The number of esters is 1. The van der Waals surface area contributed by atoms with Crippen molar-refractivity contribution < 1.29 is 14.4 Å². The fourth-order valence-electron chi connectivity index (χ4n) is 2.05. The molecule has 0 aliphatic rings. The Kier molecular flexibility index (Phi) is 6.79. The Hall–Kier alpha value is -3.06. The van der Waals surface area contributed by atoms with Gasteiger partial charge in [-0.25, -0.2) is 9.86 Å². The van der Waals surface area contributed by atoms with Crippen LogP contribution in [0.25, 0.3) is 0 Å². The van der Waals surface area contributed by atoms with E-state index in [9.17, 15) is 4.79 Å².